The molecule has 4 aromatic rings. The topological polar surface area (TPSA) is 92.1 Å². The lowest BCUT2D eigenvalue weighted by molar-refractivity contribution is 0.111. The van der Waals surface area contributed by atoms with Gasteiger partial charge in [-0.05, 0) is 47.5 Å². The van der Waals surface area contributed by atoms with Crippen LogP contribution in [0.5, 0.6) is 0 Å². The highest BCUT2D eigenvalue weighted by atomic mass is 16.2. The molecule has 0 saturated heterocycles. The first kappa shape index (κ1) is 22.0. The van der Waals surface area contributed by atoms with Crippen LogP contribution in [-0.4, -0.2) is 36.3 Å². The zero-order valence-electron chi connectivity index (χ0n) is 17.0. The van der Waals surface area contributed by atoms with Gasteiger partial charge >= 0.3 is 0 Å². The molecular weight excluding hydrogens is 362 g/mol. The molecule has 1 heterocycles. The standard InChI is InChI=1S/C22H18N2O.CH5N.CH4O/c1-15-19-10-9-16(12-23)11-21(19)24(22(15)14-25)13-18-7-4-6-17-5-2-3-8-20(17)18;2*1-2/h2-12,14,23H,13H2,1H3;2H2,1H3;2H,1H3. The molecule has 0 saturated carbocycles. The molecule has 0 fully saturated rings. The van der Waals surface area contributed by atoms with E-state index in [2.05, 4.69) is 40.6 Å². The van der Waals surface area contributed by atoms with E-state index in [0.29, 0.717) is 12.2 Å². The Balaban J connectivity index is 0.000000707. The number of rotatable bonds is 4. The number of fused-ring (bicyclic) bond motifs is 2. The molecule has 4 N–H and O–H groups in total. The van der Waals surface area contributed by atoms with E-state index in [-0.39, 0.29) is 0 Å². The summed E-state index contributed by atoms with van der Waals surface area (Å²) in [6, 6.07) is 20.5. The molecule has 0 aliphatic carbocycles. The van der Waals surface area contributed by atoms with Crippen LogP contribution in [0.1, 0.15) is 27.2 Å². The van der Waals surface area contributed by atoms with Gasteiger partial charge in [-0.1, -0.05) is 54.6 Å². The molecule has 5 heteroatoms. The number of aldehydes is 1. The molecule has 0 atom stereocenters. The summed E-state index contributed by atoms with van der Waals surface area (Å²) in [6.07, 6.45) is 2.27. The van der Waals surface area contributed by atoms with Gasteiger partial charge in [0, 0.05) is 30.8 Å². The van der Waals surface area contributed by atoms with Crippen molar-refractivity contribution in [2.24, 2.45) is 5.73 Å². The predicted octanol–water partition coefficient (Wildman–Crippen LogP) is 4.14. The largest absolute Gasteiger partial charge is 0.400 e. The fourth-order valence-corrected chi connectivity index (χ4v) is 3.57. The number of benzene rings is 3. The van der Waals surface area contributed by atoms with Gasteiger partial charge in [0.1, 0.15) is 0 Å². The highest BCUT2D eigenvalue weighted by molar-refractivity contribution is 5.96. The van der Waals surface area contributed by atoms with Crippen molar-refractivity contribution in [1.82, 2.24) is 4.57 Å². The summed E-state index contributed by atoms with van der Waals surface area (Å²) in [5.74, 6) is 0. The van der Waals surface area contributed by atoms with Crippen LogP contribution in [0.4, 0.5) is 0 Å². The van der Waals surface area contributed by atoms with E-state index in [1.165, 1.54) is 29.6 Å². The number of carbonyl (C=O) groups excluding carboxylic acids is 1. The first-order valence-electron chi connectivity index (χ1n) is 9.30. The number of aliphatic hydroxyl groups excluding tert-OH is 1. The van der Waals surface area contributed by atoms with E-state index >= 15 is 0 Å². The Hall–Kier alpha value is -3.28. The maximum Gasteiger partial charge on any atom is 0.166 e. The minimum absolute atomic E-state index is 0.626. The van der Waals surface area contributed by atoms with Crippen LogP contribution >= 0.6 is 0 Å². The Morgan fingerprint density at radius 1 is 1.00 bits per heavy atom. The van der Waals surface area contributed by atoms with E-state index in [4.69, 9.17) is 10.5 Å². The van der Waals surface area contributed by atoms with Crippen molar-refractivity contribution >= 4 is 34.2 Å². The number of aryl methyl sites for hydroxylation is 1. The normalized spacial score (nSPS) is 9.97. The Bertz CT molecular complexity index is 1120. The van der Waals surface area contributed by atoms with Crippen LogP contribution in [0.3, 0.4) is 0 Å². The van der Waals surface area contributed by atoms with E-state index in [1.54, 1.807) is 0 Å². The van der Waals surface area contributed by atoms with Gasteiger partial charge in [-0.2, -0.15) is 0 Å². The molecule has 3 aromatic carbocycles. The second kappa shape index (κ2) is 10.3. The van der Waals surface area contributed by atoms with Crippen molar-refractivity contribution in [3.63, 3.8) is 0 Å². The lowest BCUT2D eigenvalue weighted by Crippen LogP contribution is -2.05. The van der Waals surface area contributed by atoms with E-state index in [0.717, 1.165) is 35.4 Å². The third kappa shape index (κ3) is 4.26. The first-order valence-corrected chi connectivity index (χ1v) is 9.30. The molecule has 0 bridgehead atoms. The SMILES string of the molecule is CN.CO.Cc1c(C=O)n(Cc2cccc3ccccc23)c2cc(C=N)ccc12. The summed E-state index contributed by atoms with van der Waals surface area (Å²) in [7, 11) is 2.50. The second-order valence-corrected chi connectivity index (χ2v) is 6.27. The second-order valence-electron chi connectivity index (χ2n) is 6.27. The minimum Gasteiger partial charge on any atom is -0.400 e. The third-order valence-corrected chi connectivity index (χ3v) is 4.88. The summed E-state index contributed by atoms with van der Waals surface area (Å²) >= 11 is 0. The number of aliphatic hydroxyl groups is 1. The summed E-state index contributed by atoms with van der Waals surface area (Å²) in [6.45, 7) is 2.61. The van der Waals surface area contributed by atoms with Gasteiger partial charge in [0.25, 0.3) is 0 Å². The summed E-state index contributed by atoms with van der Waals surface area (Å²) < 4.78 is 2.06. The maximum atomic E-state index is 11.8. The monoisotopic (exact) mass is 389 g/mol. The molecule has 0 unspecified atom stereocenters. The fourth-order valence-electron chi connectivity index (χ4n) is 3.57. The molecule has 0 aliphatic rings. The van der Waals surface area contributed by atoms with Crippen LogP contribution in [0, 0.1) is 12.3 Å². The smallest absolute Gasteiger partial charge is 0.166 e. The highest BCUT2D eigenvalue weighted by Crippen LogP contribution is 2.28. The van der Waals surface area contributed by atoms with E-state index in [9.17, 15) is 4.79 Å². The zero-order valence-corrected chi connectivity index (χ0v) is 17.0. The molecular formula is C24H27N3O2. The van der Waals surface area contributed by atoms with Crippen molar-refractivity contribution < 1.29 is 9.90 Å². The molecule has 0 spiro atoms. The summed E-state index contributed by atoms with van der Waals surface area (Å²) in [4.78, 5) is 11.8. The van der Waals surface area contributed by atoms with Crippen molar-refractivity contribution in [1.29, 1.82) is 5.41 Å². The van der Waals surface area contributed by atoms with Gasteiger partial charge in [-0.15, -0.1) is 0 Å². The van der Waals surface area contributed by atoms with Crippen molar-refractivity contribution in [2.45, 2.75) is 13.5 Å². The molecule has 0 aliphatic heterocycles. The Morgan fingerprint density at radius 3 is 2.38 bits per heavy atom. The van der Waals surface area contributed by atoms with Crippen LogP contribution in [-0.2, 0) is 6.54 Å². The molecule has 150 valence electrons. The summed E-state index contributed by atoms with van der Waals surface area (Å²) in [5, 5.41) is 18.0. The average molecular weight is 389 g/mol. The molecule has 0 amide bonds. The van der Waals surface area contributed by atoms with Gasteiger partial charge in [0.05, 0.1) is 5.69 Å². The number of hydrogen-bond acceptors (Lipinski definition) is 4. The number of hydrogen-bond donors (Lipinski definition) is 3. The zero-order chi connectivity index (χ0) is 21.4. The van der Waals surface area contributed by atoms with Crippen molar-refractivity contribution in [2.75, 3.05) is 14.2 Å². The molecule has 0 radical (unpaired) electrons. The van der Waals surface area contributed by atoms with E-state index < -0.39 is 0 Å². The number of carbonyl (C=O) groups is 1. The van der Waals surface area contributed by atoms with Gasteiger partial charge in [0.2, 0.25) is 0 Å². The molecule has 4 rings (SSSR count). The Morgan fingerprint density at radius 2 is 1.69 bits per heavy atom. The third-order valence-electron chi connectivity index (χ3n) is 4.88. The highest BCUT2D eigenvalue weighted by Gasteiger charge is 2.15. The van der Waals surface area contributed by atoms with Crippen molar-refractivity contribution in [3.8, 4) is 0 Å². The van der Waals surface area contributed by atoms with Crippen molar-refractivity contribution in [3.05, 3.63) is 83.0 Å². The van der Waals surface area contributed by atoms with Crippen LogP contribution < -0.4 is 5.73 Å². The number of nitrogens with zero attached hydrogens (tertiary/aromatic N) is 1. The Labute approximate surface area is 170 Å². The minimum atomic E-state index is 0.626. The molecule has 29 heavy (non-hydrogen) atoms. The van der Waals surface area contributed by atoms with Gasteiger partial charge in [0.15, 0.2) is 6.29 Å². The van der Waals surface area contributed by atoms with Gasteiger partial charge < -0.3 is 20.8 Å². The van der Waals surface area contributed by atoms with Crippen LogP contribution in [0.15, 0.2) is 60.7 Å². The fraction of sp³-hybridized carbons (Fsp3) is 0.167. The molecule has 1 aromatic heterocycles. The van der Waals surface area contributed by atoms with E-state index in [1.807, 2.05) is 37.3 Å². The van der Waals surface area contributed by atoms with Crippen LogP contribution in [0.25, 0.3) is 21.7 Å². The predicted molar refractivity (Wildman–Crippen MR) is 121 cm³/mol. The lowest BCUT2D eigenvalue weighted by Gasteiger charge is -2.11. The number of nitrogens with one attached hydrogen (secondary N) is 1. The first-order chi connectivity index (χ1) is 14.2. The van der Waals surface area contributed by atoms with Crippen LogP contribution in [0.2, 0.25) is 0 Å². The van der Waals surface area contributed by atoms with Gasteiger partial charge in [-0.25, -0.2) is 0 Å². The Kier molecular flexibility index (Phi) is 7.83. The number of nitrogens with two attached hydrogens (primary N) is 1. The number of aromatic nitrogens is 1. The lowest BCUT2D eigenvalue weighted by atomic mass is 10.0. The maximum absolute atomic E-state index is 11.8. The quantitative estimate of drug-likeness (QED) is 0.362. The van der Waals surface area contributed by atoms with Gasteiger partial charge in [-0.3, -0.25) is 4.79 Å². The molecule has 5 nitrogen and oxygen atoms in total. The summed E-state index contributed by atoms with van der Waals surface area (Å²) in [5.41, 5.74) is 9.19. The average Bonchev–Trinajstić information content (AvgIpc) is 3.07.